The van der Waals surface area contributed by atoms with Crippen molar-refractivity contribution in [1.82, 2.24) is 4.98 Å². The lowest BCUT2D eigenvalue weighted by molar-refractivity contribution is 0.196. The molecule has 0 aliphatic rings. The van der Waals surface area contributed by atoms with Crippen LogP contribution in [0.2, 0.25) is 0 Å². The lowest BCUT2D eigenvalue weighted by Gasteiger charge is -2.08. The number of pyridine rings is 1. The topological polar surface area (TPSA) is 33.1 Å². The standard InChI is InChI=1S/C11H10INO/c1-7(14)11-9-5-3-2-4-8(9)6-10(12)13-11/h2-7,14H,1H3. The minimum absolute atomic E-state index is 0.519. The molecule has 0 radical (unpaired) electrons. The van der Waals surface area contributed by atoms with Gasteiger partial charge in [0.2, 0.25) is 0 Å². The summed E-state index contributed by atoms with van der Waals surface area (Å²) in [6.45, 7) is 1.74. The summed E-state index contributed by atoms with van der Waals surface area (Å²) in [5, 5.41) is 11.7. The number of hydrogen-bond donors (Lipinski definition) is 1. The Balaban J connectivity index is 2.80. The number of rotatable bonds is 1. The maximum absolute atomic E-state index is 9.58. The number of aromatic nitrogens is 1. The molecular weight excluding hydrogens is 289 g/mol. The van der Waals surface area contributed by atoms with Crippen LogP contribution in [0.4, 0.5) is 0 Å². The Morgan fingerprint density at radius 1 is 1.36 bits per heavy atom. The first kappa shape index (κ1) is 9.86. The molecule has 1 aromatic heterocycles. The SMILES string of the molecule is CC(O)c1nc(I)cc2ccccc12. The first-order valence-electron chi connectivity index (χ1n) is 4.42. The summed E-state index contributed by atoms with van der Waals surface area (Å²) in [7, 11) is 0. The van der Waals surface area contributed by atoms with Crippen LogP contribution in [0.15, 0.2) is 30.3 Å². The number of benzene rings is 1. The van der Waals surface area contributed by atoms with E-state index < -0.39 is 6.10 Å². The summed E-state index contributed by atoms with van der Waals surface area (Å²) < 4.78 is 0.914. The van der Waals surface area contributed by atoms with Crippen LogP contribution in [0.1, 0.15) is 18.7 Å². The van der Waals surface area contributed by atoms with Crippen molar-refractivity contribution in [1.29, 1.82) is 0 Å². The molecule has 1 unspecified atom stereocenters. The molecule has 0 amide bonds. The maximum atomic E-state index is 9.58. The zero-order chi connectivity index (χ0) is 10.1. The highest BCUT2D eigenvalue weighted by Crippen LogP contribution is 2.23. The summed E-state index contributed by atoms with van der Waals surface area (Å²) >= 11 is 2.16. The van der Waals surface area contributed by atoms with Gasteiger partial charge in [0.1, 0.15) is 3.70 Å². The molecule has 0 saturated carbocycles. The second kappa shape index (κ2) is 3.82. The Labute approximate surface area is 96.1 Å². The highest BCUT2D eigenvalue weighted by atomic mass is 127. The molecule has 1 aromatic carbocycles. The zero-order valence-corrected chi connectivity index (χ0v) is 9.89. The van der Waals surface area contributed by atoms with Gasteiger partial charge in [0.25, 0.3) is 0 Å². The van der Waals surface area contributed by atoms with Gasteiger partial charge in [-0.15, -0.1) is 0 Å². The van der Waals surface area contributed by atoms with E-state index in [1.165, 1.54) is 0 Å². The van der Waals surface area contributed by atoms with E-state index in [9.17, 15) is 5.11 Å². The summed E-state index contributed by atoms with van der Waals surface area (Å²) in [5.41, 5.74) is 0.757. The fraction of sp³-hybridized carbons (Fsp3) is 0.182. The predicted octanol–water partition coefficient (Wildman–Crippen LogP) is 2.89. The number of hydrogen-bond acceptors (Lipinski definition) is 2. The zero-order valence-electron chi connectivity index (χ0n) is 7.74. The second-order valence-electron chi connectivity index (χ2n) is 3.23. The predicted molar refractivity (Wildman–Crippen MR) is 65.1 cm³/mol. The van der Waals surface area contributed by atoms with E-state index in [1.54, 1.807) is 6.92 Å². The number of aliphatic hydroxyl groups excluding tert-OH is 1. The van der Waals surface area contributed by atoms with E-state index in [0.29, 0.717) is 0 Å². The molecule has 0 bridgehead atoms. The number of fused-ring (bicyclic) bond motifs is 1. The van der Waals surface area contributed by atoms with Crippen molar-refractivity contribution in [2.75, 3.05) is 0 Å². The quantitative estimate of drug-likeness (QED) is 0.649. The molecule has 72 valence electrons. The number of aliphatic hydroxyl groups is 1. The van der Waals surface area contributed by atoms with Crippen molar-refractivity contribution < 1.29 is 5.11 Å². The number of nitrogens with zero attached hydrogens (tertiary/aromatic N) is 1. The van der Waals surface area contributed by atoms with E-state index in [2.05, 4.69) is 27.6 Å². The summed E-state index contributed by atoms with van der Waals surface area (Å²) in [6, 6.07) is 9.99. The fourth-order valence-corrected chi connectivity index (χ4v) is 2.11. The van der Waals surface area contributed by atoms with Crippen LogP contribution in [-0.2, 0) is 0 Å². The molecule has 1 atom stereocenters. The van der Waals surface area contributed by atoms with Gasteiger partial charge in [0.15, 0.2) is 0 Å². The van der Waals surface area contributed by atoms with Crippen LogP contribution >= 0.6 is 22.6 Å². The molecule has 0 aliphatic carbocycles. The molecule has 3 heteroatoms. The second-order valence-corrected chi connectivity index (χ2v) is 4.33. The van der Waals surface area contributed by atoms with Crippen molar-refractivity contribution in [2.45, 2.75) is 13.0 Å². The largest absolute Gasteiger partial charge is 0.387 e. The Morgan fingerprint density at radius 2 is 2.07 bits per heavy atom. The van der Waals surface area contributed by atoms with Gasteiger partial charge in [-0.1, -0.05) is 24.3 Å². The van der Waals surface area contributed by atoms with Gasteiger partial charge in [0.05, 0.1) is 11.8 Å². The molecule has 0 saturated heterocycles. The maximum Gasteiger partial charge on any atom is 0.102 e. The van der Waals surface area contributed by atoms with Crippen LogP contribution in [0.5, 0.6) is 0 Å². The van der Waals surface area contributed by atoms with Crippen LogP contribution in [0, 0.1) is 3.70 Å². The van der Waals surface area contributed by atoms with Crippen LogP contribution in [0.25, 0.3) is 10.8 Å². The average molecular weight is 299 g/mol. The Kier molecular flexibility index (Phi) is 2.69. The minimum Gasteiger partial charge on any atom is -0.387 e. The van der Waals surface area contributed by atoms with Gasteiger partial charge >= 0.3 is 0 Å². The Morgan fingerprint density at radius 3 is 2.79 bits per heavy atom. The van der Waals surface area contributed by atoms with E-state index in [4.69, 9.17) is 0 Å². The van der Waals surface area contributed by atoms with Gasteiger partial charge in [-0.3, -0.25) is 0 Å². The lowest BCUT2D eigenvalue weighted by Crippen LogP contribution is -1.98. The lowest BCUT2D eigenvalue weighted by atomic mass is 10.1. The number of halogens is 1. The van der Waals surface area contributed by atoms with E-state index >= 15 is 0 Å². The van der Waals surface area contributed by atoms with Gasteiger partial charge in [0, 0.05) is 5.39 Å². The van der Waals surface area contributed by atoms with Crippen molar-refractivity contribution >= 4 is 33.4 Å². The first-order chi connectivity index (χ1) is 6.68. The molecule has 14 heavy (non-hydrogen) atoms. The van der Waals surface area contributed by atoms with Crippen LogP contribution in [0.3, 0.4) is 0 Å². The molecular formula is C11H10INO. The summed E-state index contributed by atoms with van der Waals surface area (Å²) in [5.74, 6) is 0. The van der Waals surface area contributed by atoms with E-state index in [1.807, 2.05) is 30.3 Å². The van der Waals surface area contributed by atoms with Crippen LogP contribution in [-0.4, -0.2) is 10.1 Å². The van der Waals surface area contributed by atoms with Crippen molar-refractivity contribution in [3.63, 3.8) is 0 Å². The van der Waals surface area contributed by atoms with Crippen molar-refractivity contribution in [3.8, 4) is 0 Å². The van der Waals surface area contributed by atoms with Gasteiger partial charge in [-0.05, 0) is 41.0 Å². The molecule has 0 fully saturated rings. The van der Waals surface area contributed by atoms with Crippen molar-refractivity contribution in [3.05, 3.63) is 39.7 Å². The van der Waals surface area contributed by atoms with Crippen molar-refractivity contribution in [2.24, 2.45) is 0 Å². The molecule has 1 heterocycles. The third-order valence-electron chi connectivity index (χ3n) is 2.13. The third-order valence-corrected chi connectivity index (χ3v) is 2.69. The smallest absolute Gasteiger partial charge is 0.102 e. The average Bonchev–Trinajstić information content (AvgIpc) is 2.16. The van der Waals surface area contributed by atoms with Crippen LogP contribution < -0.4 is 0 Å². The van der Waals surface area contributed by atoms with Gasteiger partial charge in [-0.25, -0.2) is 4.98 Å². The fourth-order valence-electron chi connectivity index (χ4n) is 1.51. The molecule has 2 nitrogen and oxygen atoms in total. The van der Waals surface area contributed by atoms with E-state index in [0.717, 1.165) is 20.2 Å². The molecule has 0 spiro atoms. The highest BCUT2D eigenvalue weighted by Gasteiger charge is 2.08. The van der Waals surface area contributed by atoms with Gasteiger partial charge < -0.3 is 5.11 Å². The first-order valence-corrected chi connectivity index (χ1v) is 5.49. The highest BCUT2D eigenvalue weighted by molar-refractivity contribution is 14.1. The minimum atomic E-state index is -0.519. The molecule has 2 rings (SSSR count). The summed E-state index contributed by atoms with van der Waals surface area (Å²) in [6.07, 6.45) is -0.519. The summed E-state index contributed by atoms with van der Waals surface area (Å²) in [4.78, 5) is 4.34. The third kappa shape index (κ3) is 1.74. The Hall–Kier alpha value is -0.680. The Bertz CT molecular complexity index is 468. The molecule has 1 N–H and O–H groups in total. The van der Waals surface area contributed by atoms with Gasteiger partial charge in [-0.2, -0.15) is 0 Å². The normalized spacial score (nSPS) is 13.1. The monoisotopic (exact) mass is 299 g/mol. The molecule has 2 aromatic rings. The molecule has 0 aliphatic heterocycles. The van der Waals surface area contributed by atoms with E-state index in [-0.39, 0.29) is 0 Å².